The highest BCUT2D eigenvalue weighted by Crippen LogP contribution is 2.28. The van der Waals surface area contributed by atoms with Crippen molar-refractivity contribution < 1.29 is 8.42 Å². The van der Waals surface area contributed by atoms with Crippen LogP contribution in [0.3, 0.4) is 0 Å². The average molecular weight is 372 g/mol. The Balaban J connectivity index is 1.72. The molecule has 0 aliphatic carbocycles. The highest BCUT2D eigenvalue weighted by molar-refractivity contribution is 7.89. The minimum Gasteiger partial charge on any atom is -0.291 e. The van der Waals surface area contributed by atoms with E-state index >= 15 is 0 Å². The zero-order valence-electron chi connectivity index (χ0n) is 14.4. The molecule has 0 radical (unpaired) electrons. The lowest BCUT2D eigenvalue weighted by Gasteiger charge is -2.17. The fourth-order valence-electron chi connectivity index (χ4n) is 3.62. The van der Waals surface area contributed by atoms with Gasteiger partial charge in [0.1, 0.15) is 0 Å². The van der Waals surface area contributed by atoms with Gasteiger partial charge in [-0.2, -0.15) is 4.31 Å². The maximum atomic E-state index is 12.9. The van der Waals surface area contributed by atoms with Gasteiger partial charge in [0.05, 0.1) is 16.5 Å². The van der Waals surface area contributed by atoms with Gasteiger partial charge in [0.25, 0.3) is 0 Å². The van der Waals surface area contributed by atoms with E-state index in [9.17, 15) is 13.2 Å². The van der Waals surface area contributed by atoms with Crippen LogP contribution in [0.2, 0.25) is 0 Å². The number of aryl methyl sites for hydroxylation is 1. The molecule has 1 saturated heterocycles. The summed E-state index contributed by atoms with van der Waals surface area (Å²) in [6.45, 7) is 3.13. The van der Waals surface area contributed by atoms with Crippen LogP contribution >= 0.6 is 0 Å². The predicted molar refractivity (Wildman–Crippen MR) is 98.5 cm³/mol. The quantitative estimate of drug-likeness (QED) is 0.700. The molecule has 0 spiro atoms. The van der Waals surface area contributed by atoms with Gasteiger partial charge in [-0.15, -0.1) is 0 Å². The van der Waals surface area contributed by atoms with Gasteiger partial charge < -0.3 is 0 Å². The van der Waals surface area contributed by atoms with Crippen molar-refractivity contribution >= 4 is 21.2 Å². The van der Waals surface area contributed by atoms with Crippen LogP contribution in [-0.4, -0.2) is 39.9 Å². The predicted octanol–water partition coefficient (Wildman–Crippen LogP) is 1.85. The maximum absolute atomic E-state index is 12.9. The Bertz CT molecular complexity index is 1100. The second-order valence-electron chi connectivity index (χ2n) is 6.36. The normalized spacial score (nSPS) is 18.6. The van der Waals surface area contributed by atoms with Crippen LogP contribution in [0.4, 0.5) is 0 Å². The summed E-state index contributed by atoms with van der Waals surface area (Å²) < 4.78 is 30.5. The van der Waals surface area contributed by atoms with Gasteiger partial charge in [-0.3, -0.25) is 9.13 Å². The SMILES string of the molecule is CCn1c(=O)n([C@@H]2CCN(S(=O)(=O)c3ccccc3)C2)c2ncccc21. The van der Waals surface area contributed by atoms with Crippen LogP contribution < -0.4 is 5.69 Å². The van der Waals surface area contributed by atoms with E-state index in [1.807, 2.05) is 13.0 Å². The largest absolute Gasteiger partial charge is 0.330 e. The number of rotatable bonds is 4. The fourth-order valence-corrected chi connectivity index (χ4v) is 5.14. The third-order valence-corrected chi connectivity index (χ3v) is 6.79. The number of benzene rings is 1. The Kier molecular flexibility index (Phi) is 4.16. The molecule has 3 heterocycles. The minimum atomic E-state index is -3.55. The van der Waals surface area contributed by atoms with Gasteiger partial charge >= 0.3 is 5.69 Å². The molecule has 2 aromatic heterocycles. The number of hydrogen-bond acceptors (Lipinski definition) is 4. The Morgan fingerprint density at radius 3 is 2.65 bits per heavy atom. The van der Waals surface area contributed by atoms with Crippen LogP contribution in [0.15, 0.2) is 58.4 Å². The first-order chi connectivity index (χ1) is 12.5. The van der Waals surface area contributed by atoms with E-state index in [0.29, 0.717) is 25.2 Å². The molecule has 8 heteroatoms. The van der Waals surface area contributed by atoms with Crippen molar-refractivity contribution in [2.24, 2.45) is 0 Å². The van der Waals surface area contributed by atoms with E-state index in [1.165, 1.54) is 4.31 Å². The molecule has 0 bridgehead atoms. The van der Waals surface area contributed by atoms with Crippen molar-refractivity contribution in [3.8, 4) is 0 Å². The Labute approximate surface area is 151 Å². The molecular weight excluding hydrogens is 352 g/mol. The summed E-state index contributed by atoms with van der Waals surface area (Å²) in [5, 5.41) is 0. The second kappa shape index (κ2) is 6.37. The number of imidazole rings is 1. The summed E-state index contributed by atoms with van der Waals surface area (Å²) in [5.41, 5.74) is 1.26. The van der Waals surface area contributed by atoms with Crippen LogP contribution in [0.5, 0.6) is 0 Å². The summed E-state index contributed by atoms with van der Waals surface area (Å²) in [7, 11) is -3.55. The van der Waals surface area contributed by atoms with Crippen LogP contribution in [-0.2, 0) is 16.6 Å². The van der Waals surface area contributed by atoms with Crippen molar-refractivity contribution in [2.75, 3.05) is 13.1 Å². The number of aromatic nitrogens is 3. The van der Waals surface area contributed by atoms with E-state index in [1.54, 1.807) is 51.7 Å². The molecule has 1 aromatic carbocycles. The lowest BCUT2D eigenvalue weighted by molar-refractivity contribution is 0.448. The third kappa shape index (κ3) is 2.57. The van der Waals surface area contributed by atoms with E-state index in [2.05, 4.69) is 4.98 Å². The summed E-state index contributed by atoms with van der Waals surface area (Å²) in [6.07, 6.45) is 2.25. The maximum Gasteiger partial charge on any atom is 0.330 e. The second-order valence-corrected chi connectivity index (χ2v) is 8.30. The molecule has 4 rings (SSSR count). The molecule has 1 fully saturated rings. The number of pyridine rings is 1. The summed E-state index contributed by atoms with van der Waals surface area (Å²) in [6, 6.07) is 11.9. The van der Waals surface area contributed by atoms with E-state index in [-0.39, 0.29) is 23.2 Å². The van der Waals surface area contributed by atoms with Crippen molar-refractivity contribution in [3.63, 3.8) is 0 Å². The van der Waals surface area contributed by atoms with Gasteiger partial charge in [-0.1, -0.05) is 18.2 Å². The summed E-state index contributed by atoms with van der Waals surface area (Å²) >= 11 is 0. The number of fused-ring (bicyclic) bond motifs is 1. The number of hydrogen-bond donors (Lipinski definition) is 0. The van der Waals surface area contributed by atoms with Crippen LogP contribution in [0.25, 0.3) is 11.2 Å². The van der Waals surface area contributed by atoms with Gasteiger partial charge in [-0.25, -0.2) is 18.2 Å². The highest BCUT2D eigenvalue weighted by Gasteiger charge is 2.35. The van der Waals surface area contributed by atoms with E-state index < -0.39 is 10.0 Å². The molecular formula is C18H20N4O3S. The molecule has 26 heavy (non-hydrogen) atoms. The van der Waals surface area contributed by atoms with Crippen LogP contribution in [0, 0.1) is 0 Å². The van der Waals surface area contributed by atoms with Crippen molar-refractivity contribution in [3.05, 3.63) is 59.1 Å². The summed E-state index contributed by atoms with van der Waals surface area (Å²) in [4.78, 5) is 17.5. The van der Waals surface area contributed by atoms with Gasteiger partial charge in [0.15, 0.2) is 5.65 Å². The molecule has 7 nitrogen and oxygen atoms in total. The average Bonchev–Trinajstić information content (AvgIpc) is 3.24. The first-order valence-corrected chi connectivity index (χ1v) is 10.1. The monoisotopic (exact) mass is 372 g/mol. The molecule has 1 aliphatic rings. The number of nitrogens with zero attached hydrogens (tertiary/aromatic N) is 4. The first-order valence-electron chi connectivity index (χ1n) is 8.65. The third-order valence-electron chi connectivity index (χ3n) is 4.91. The molecule has 0 N–H and O–H groups in total. The van der Waals surface area contributed by atoms with Gasteiger partial charge in [-0.05, 0) is 37.6 Å². The zero-order valence-corrected chi connectivity index (χ0v) is 15.3. The summed E-state index contributed by atoms with van der Waals surface area (Å²) in [5.74, 6) is 0. The van der Waals surface area contributed by atoms with Crippen molar-refractivity contribution in [2.45, 2.75) is 30.8 Å². The van der Waals surface area contributed by atoms with Gasteiger partial charge in [0, 0.05) is 25.8 Å². The van der Waals surface area contributed by atoms with Crippen LogP contribution in [0.1, 0.15) is 19.4 Å². The van der Waals surface area contributed by atoms with Crippen molar-refractivity contribution in [1.29, 1.82) is 0 Å². The molecule has 3 aromatic rings. The van der Waals surface area contributed by atoms with Gasteiger partial charge in [0.2, 0.25) is 10.0 Å². The Hall–Kier alpha value is -2.45. The lowest BCUT2D eigenvalue weighted by atomic mass is 10.2. The standard InChI is InChI=1S/C18H20N4O3S/c1-2-21-16-9-6-11-19-17(16)22(18(21)23)14-10-12-20(13-14)26(24,25)15-7-4-3-5-8-15/h3-9,11,14H,2,10,12-13H2,1H3/t14-/m1/s1. The minimum absolute atomic E-state index is 0.134. The lowest BCUT2D eigenvalue weighted by Crippen LogP contribution is -2.32. The van der Waals surface area contributed by atoms with E-state index in [0.717, 1.165) is 5.52 Å². The smallest absolute Gasteiger partial charge is 0.291 e. The fraction of sp³-hybridized carbons (Fsp3) is 0.333. The van der Waals surface area contributed by atoms with Crippen molar-refractivity contribution in [1.82, 2.24) is 18.4 Å². The Morgan fingerprint density at radius 1 is 1.15 bits per heavy atom. The van der Waals surface area contributed by atoms with E-state index in [4.69, 9.17) is 0 Å². The molecule has 136 valence electrons. The zero-order chi connectivity index (χ0) is 18.3. The Morgan fingerprint density at radius 2 is 1.92 bits per heavy atom. The molecule has 0 amide bonds. The molecule has 1 aliphatic heterocycles. The first kappa shape index (κ1) is 17.0. The molecule has 0 unspecified atom stereocenters. The molecule has 1 atom stereocenters. The molecule has 0 saturated carbocycles. The highest BCUT2D eigenvalue weighted by atomic mass is 32.2. The topological polar surface area (TPSA) is 77.2 Å². The number of sulfonamides is 1.